The predicted molar refractivity (Wildman–Crippen MR) is 194 cm³/mol. The summed E-state index contributed by atoms with van der Waals surface area (Å²) in [5.41, 5.74) is 2.56. The first-order valence-corrected chi connectivity index (χ1v) is 16.5. The first-order chi connectivity index (χ1) is 23.1. The van der Waals surface area contributed by atoms with E-state index in [-0.39, 0.29) is 26.0 Å². The first-order valence-electron chi connectivity index (χ1n) is 15.3. The van der Waals surface area contributed by atoms with Crippen LogP contribution in [0.15, 0.2) is 63.0 Å². The van der Waals surface area contributed by atoms with Crippen molar-refractivity contribution in [2.45, 2.75) is 40.2 Å². The lowest BCUT2D eigenvalue weighted by Crippen LogP contribution is -2.33. The number of aromatic nitrogens is 3. The smallest absolute Gasteiger partial charge is 0.296 e. The number of nitrogens with zero attached hydrogens (tertiary/aromatic N) is 5. The molecule has 0 spiro atoms. The average Bonchev–Trinajstić information content (AvgIpc) is 3.48. The maximum absolute atomic E-state index is 14.1. The van der Waals surface area contributed by atoms with Crippen molar-refractivity contribution in [3.63, 3.8) is 0 Å². The molecule has 0 atom stereocenters. The van der Waals surface area contributed by atoms with Gasteiger partial charge in [0.05, 0.1) is 30.5 Å². The molecule has 5 rings (SSSR count). The minimum Gasteiger partial charge on any atom is -0.493 e. The van der Waals surface area contributed by atoms with Crippen molar-refractivity contribution in [3.05, 3.63) is 102 Å². The number of methoxy groups -OCH3 is 2. The normalized spacial score (nSPS) is 13.7. The Hall–Kier alpha value is -5.06. The molecule has 1 aliphatic rings. The number of hydrogen-bond acceptors (Lipinski definition) is 9. The molecule has 2 aromatic heterocycles. The van der Waals surface area contributed by atoms with Gasteiger partial charge in [0, 0.05) is 25.7 Å². The van der Waals surface area contributed by atoms with Crippen molar-refractivity contribution in [1.82, 2.24) is 13.9 Å². The molecule has 0 aliphatic carbocycles. The van der Waals surface area contributed by atoms with Crippen molar-refractivity contribution in [3.8, 4) is 23.3 Å². The summed E-state index contributed by atoms with van der Waals surface area (Å²) in [6, 6.07) is 16.9. The number of nitrogens with one attached hydrogen (secondary N) is 1. The number of benzene rings is 2. The number of anilines is 2. The van der Waals surface area contributed by atoms with Gasteiger partial charge in [-0.15, -0.1) is 0 Å². The number of amides is 1. The Morgan fingerprint density at radius 1 is 1.02 bits per heavy atom. The molecule has 13 heteroatoms. The highest BCUT2D eigenvalue weighted by molar-refractivity contribution is 8.27. The number of rotatable bonds is 11. The van der Waals surface area contributed by atoms with E-state index in [0.29, 0.717) is 65.8 Å². The minimum absolute atomic E-state index is 0.000250. The van der Waals surface area contributed by atoms with Crippen LogP contribution in [0.5, 0.6) is 11.5 Å². The minimum atomic E-state index is -0.460. The van der Waals surface area contributed by atoms with Gasteiger partial charge in [-0.1, -0.05) is 55.2 Å². The summed E-state index contributed by atoms with van der Waals surface area (Å²) in [7, 11) is 4.91. The second-order valence-electron chi connectivity index (χ2n) is 11.1. The number of thioether (sulfide) groups is 1. The van der Waals surface area contributed by atoms with Crippen LogP contribution in [0.25, 0.3) is 11.8 Å². The molecule has 248 valence electrons. The van der Waals surface area contributed by atoms with E-state index in [9.17, 15) is 19.6 Å². The molecule has 48 heavy (non-hydrogen) atoms. The number of carbonyl (C=O) groups is 1. The molecule has 1 amide bonds. The molecular formula is C35H36N6O5S2. The van der Waals surface area contributed by atoms with E-state index >= 15 is 0 Å². The van der Waals surface area contributed by atoms with Gasteiger partial charge in [-0.2, -0.15) is 5.26 Å². The molecular weight excluding hydrogens is 649 g/mol. The third-order valence-electron chi connectivity index (χ3n) is 8.29. The topological polar surface area (TPSA) is 124 Å². The Bertz CT molecular complexity index is 2110. The van der Waals surface area contributed by atoms with Crippen LogP contribution in [0.4, 0.5) is 11.5 Å². The highest BCUT2D eigenvalue weighted by Crippen LogP contribution is 2.38. The van der Waals surface area contributed by atoms with Crippen LogP contribution in [-0.4, -0.2) is 44.9 Å². The quantitative estimate of drug-likeness (QED) is 0.165. The first kappa shape index (κ1) is 34.3. The van der Waals surface area contributed by atoms with E-state index in [1.807, 2.05) is 55.5 Å². The lowest BCUT2D eigenvalue weighted by Gasteiger charge is -2.20. The Labute approximate surface area is 288 Å². The van der Waals surface area contributed by atoms with E-state index < -0.39 is 11.5 Å². The molecule has 3 heterocycles. The third-order valence-corrected chi connectivity index (χ3v) is 9.59. The molecule has 11 nitrogen and oxygen atoms in total. The number of pyridine rings is 1. The number of carbonyl (C=O) groups excluding carboxylic acids is 1. The zero-order chi connectivity index (χ0) is 34.7. The highest BCUT2D eigenvalue weighted by atomic mass is 32.2. The largest absolute Gasteiger partial charge is 0.493 e. The van der Waals surface area contributed by atoms with Crippen LogP contribution in [0.2, 0.25) is 0 Å². The number of para-hydroxylation sites is 1. The number of thiocarbonyl (C=S) groups is 1. The number of nitriles is 1. The lowest BCUT2D eigenvalue weighted by molar-refractivity contribution is -0.113. The standard InChI is InChI=1S/C35H36N6O5S2/c1-7-17-39-31(37-16-15-23-13-14-27(45-5)28(18-23)46-6)25(21(2)26(20-36)32(39)42)19-29-33(43)40(35(47)48-29)30-22(3)38(4)41(34(30)44)24-11-9-8-10-12-24/h8-14,18-19,37H,7,15-17H2,1-6H3/b29-19+. The Morgan fingerprint density at radius 2 is 1.73 bits per heavy atom. The Morgan fingerprint density at radius 3 is 2.38 bits per heavy atom. The summed E-state index contributed by atoms with van der Waals surface area (Å²) in [4.78, 5) is 42.9. The molecule has 0 radical (unpaired) electrons. The van der Waals surface area contributed by atoms with Crippen LogP contribution in [0, 0.1) is 25.2 Å². The number of hydrogen-bond donors (Lipinski definition) is 1. The van der Waals surface area contributed by atoms with Crippen molar-refractivity contribution in [2.75, 3.05) is 31.0 Å². The van der Waals surface area contributed by atoms with Crippen molar-refractivity contribution in [2.24, 2.45) is 7.05 Å². The second kappa shape index (κ2) is 14.4. The predicted octanol–water partition coefficient (Wildman–Crippen LogP) is 5.31. The molecule has 0 bridgehead atoms. The summed E-state index contributed by atoms with van der Waals surface area (Å²) < 4.78 is 15.7. The summed E-state index contributed by atoms with van der Waals surface area (Å²) in [5, 5.41) is 13.4. The van der Waals surface area contributed by atoms with Crippen LogP contribution in [-0.2, 0) is 24.8 Å². The molecule has 4 aromatic rings. The van der Waals surface area contributed by atoms with E-state index in [4.69, 9.17) is 21.7 Å². The summed E-state index contributed by atoms with van der Waals surface area (Å²) in [5.74, 6) is 1.27. The van der Waals surface area contributed by atoms with E-state index in [1.54, 1.807) is 50.4 Å². The maximum atomic E-state index is 14.1. The summed E-state index contributed by atoms with van der Waals surface area (Å²) in [6.07, 6.45) is 2.89. The zero-order valence-electron chi connectivity index (χ0n) is 27.6. The van der Waals surface area contributed by atoms with Gasteiger partial charge in [0.15, 0.2) is 15.8 Å². The van der Waals surface area contributed by atoms with Gasteiger partial charge in [-0.3, -0.25) is 28.5 Å². The van der Waals surface area contributed by atoms with E-state index in [0.717, 1.165) is 17.3 Å². The molecule has 1 aliphatic heterocycles. The number of ether oxygens (including phenoxy) is 2. The van der Waals surface area contributed by atoms with Crippen LogP contribution < -0.4 is 30.8 Å². The van der Waals surface area contributed by atoms with Gasteiger partial charge in [0.25, 0.3) is 17.0 Å². The maximum Gasteiger partial charge on any atom is 0.296 e. The van der Waals surface area contributed by atoms with E-state index in [1.165, 1.54) is 9.58 Å². The molecule has 0 saturated carbocycles. The highest BCUT2D eigenvalue weighted by Gasteiger charge is 2.38. The van der Waals surface area contributed by atoms with Gasteiger partial charge in [-0.05, 0) is 68.2 Å². The van der Waals surface area contributed by atoms with Crippen LogP contribution in [0.1, 0.15) is 41.3 Å². The van der Waals surface area contributed by atoms with Crippen LogP contribution >= 0.6 is 24.0 Å². The van der Waals surface area contributed by atoms with Crippen molar-refractivity contribution < 1.29 is 14.3 Å². The van der Waals surface area contributed by atoms with Crippen molar-refractivity contribution in [1.29, 1.82) is 5.26 Å². The van der Waals surface area contributed by atoms with Crippen LogP contribution in [0.3, 0.4) is 0 Å². The van der Waals surface area contributed by atoms with E-state index in [2.05, 4.69) is 11.4 Å². The van der Waals surface area contributed by atoms with Crippen molar-refractivity contribution >= 4 is 51.8 Å². The Balaban J connectivity index is 1.56. The fraction of sp³-hybridized carbons (Fsp3) is 0.286. The Kier molecular flexibility index (Phi) is 10.3. The summed E-state index contributed by atoms with van der Waals surface area (Å²) >= 11 is 6.74. The molecule has 1 fully saturated rings. The van der Waals surface area contributed by atoms with Gasteiger partial charge in [0.1, 0.15) is 23.1 Å². The average molecular weight is 685 g/mol. The van der Waals surface area contributed by atoms with Gasteiger partial charge in [0.2, 0.25) is 0 Å². The second-order valence-corrected chi connectivity index (χ2v) is 12.8. The summed E-state index contributed by atoms with van der Waals surface area (Å²) in [6.45, 7) is 6.20. The zero-order valence-corrected chi connectivity index (χ0v) is 29.3. The molecule has 0 unspecified atom stereocenters. The fourth-order valence-electron chi connectivity index (χ4n) is 5.76. The molecule has 1 saturated heterocycles. The molecule has 1 N–H and O–H groups in total. The fourth-order valence-corrected chi connectivity index (χ4v) is 7.01. The van der Waals surface area contributed by atoms with Gasteiger partial charge < -0.3 is 14.8 Å². The third kappa shape index (κ3) is 6.16. The SMILES string of the molecule is CCCn1c(NCCc2ccc(OC)c(OC)c2)c(/C=C2/SC(=S)N(c3c(C)n(C)n(-c4ccccc4)c3=O)C2=O)c(C)c(C#N)c1=O. The molecule has 2 aromatic carbocycles. The van der Waals surface area contributed by atoms with Gasteiger partial charge >= 0.3 is 0 Å². The monoisotopic (exact) mass is 684 g/mol. The lowest BCUT2D eigenvalue weighted by atomic mass is 10.0. The van der Waals surface area contributed by atoms with Gasteiger partial charge in [-0.25, -0.2) is 4.68 Å².